The van der Waals surface area contributed by atoms with Crippen molar-refractivity contribution in [2.24, 2.45) is 34.5 Å². The van der Waals surface area contributed by atoms with Gasteiger partial charge in [-0.3, -0.25) is 0 Å². The predicted octanol–water partition coefficient (Wildman–Crippen LogP) is 8.49. The van der Waals surface area contributed by atoms with Crippen LogP contribution in [0, 0.1) is 34.5 Å². The second-order valence-corrected chi connectivity index (χ2v) is 12.6. The molecule has 1 nitrogen and oxygen atoms in total. The second kappa shape index (κ2) is 7.67. The molecule has 2 aromatic carbocycles. The smallest absolute Gasteiger partial charge is 0.126 e. The summed E-state index contributed by atoms with van der Waals surface area (Å²) in [4.78, 5) is 11.8. The Morgan fingerprint density at radius 2 is 1.85 bits per heavy atom. The number of carbonyl (C=O) groups is 1. The normalized spacial score (nSPS) is 40.3. The van der Waals surface area contributed by atoms with E-state index >= 15 is 0 Å². The summed E-state index contributed by atoms with van der Waals surface area (Å²) in [6.45, 7) is 2.61. The molecule has 0 spiro atoms. The lowest BCUT2D eigenvalue weighted by molar-refractivity contribution is -0.111. The molecule has 0 saturated heterocycles. The first-order valence-corrected chi connectivity index (χ1v) is 14.0. The van der Waals surface area contributed by atoms with Gasteiger partial charge in [0.25, 0.3) is 0 Å². The maximum atomic E-state index is 11.8. The zero-order chi connectivity index (χ0) is 22.9. The molecule has 34 heavy (non-hydrogen) atoms. The summed E-state index contributed by atoms with van der Waals surface area (Å²) in [7, 11) is 0. The Kier molecular flexibility index (Phi) is 4.78. The summed E-state index contributed by atoms with van der Waals surface area (Å²) >= 11 is 0. The summed E-state index contributed by atoms with van der Waals surface area (Å²) in [5, 5.41) is 2.85. The van der Waals surface area contributed by atoms with Crippen LogP contribution in [0.25, 0.3) is 16.8 Å². The number of allylic oxidation sites excluding steroid dienone is 3. The van der Waals surface area contributed by atoms with E-state index in [1.807, 2.05) is 0 Å². The maximum absolute atomic E-state index is 11.8. The number of hydrogen-bond donors (Lipinski definition) is 0. The molecule has 0 aromatic heterocycles. The highest BCUT2D eigenvalue weighted by molar-refractivity contribution is 5.95. The molecule has 7 atom stereocenters. The van der Waals surface area contributed by atoms with Crippen LogP contribution in [0.2, 0.25) is 0 Å². The molecule has 0 N–H and O–H groups in total. The SMILES string of the molecule is C[C@@]12CCC[C@H]1[C@@H]1CCC3=CC(C=O)CC[C@]3(CC3C=Cc4cccc5cccc3c45)[C@H]1CC2. The molecule has 0 aliphatic heterocycles. The molecule has 2 unspecified atom stereocenters. The average Bonchev–Trinajstić information content (AvgIpc) is 3.27. The van der Waals surface area contributed by atoms with E-state index in [-0.39, 0.29) is 11.3 Å². The zero-order valence-corrected chi connectivity index (χ0v) is 20.6. The molecular formula is C33H38O. The van der Waals surface area contributed by atoms with Gasteiger partial charge >= 0.3 is 0 Å². The number of fused-ring (bicyclic) bond motifs is 5. The molecule has 0 radical (unpaired) electrons. The quantitative estimate of drug-likeness (QED) is 0.338. The minimum atomic E-state index is 0.145. The van der Waals surface area contributed by atoms with Crippen molar-refractivity contribution in [1.29, 1.82) is 0 Å². The van der Waals surface area contributed by atoms with Crippen molar-refractivity contribution in [3.63, 3.8) is 0 Å². The fourth-order valence-electron chi connectivity index (χ4n) is 9.77. The van der Waals surface area contributed by atoms with Gasteiger partial charge in [0, 0.05) is 11.8 Å². The molecule has 0 bridgehead atoms. The number of benzene rings is 2. The molecule has 0 amide bonds. The number of hydrogen-bond acceptors (Lipinski definition) is 1. The van der Waals surface area contributed by atoms with Gasteiger partial charge in [-0.05, 0) is 108 Å². The van der Waals surface area contributed by atoms with Crippen LogP contribution >= 0.6 is 0 Å². The van der Waals surface area contributed by atoms with Crippen LogP contribution in [0.1, 0.15) is 88.2 Å². The molecule has 3 saturated carbocycles. The fourth-order valence-corrected chi connectivity index (χ4v) is 9.77. The molecule has 0 heterocycles. The summed E-state index contributed by atoms with van der Waals surface area (Å²) in [6.07, 6.45) is 21.8. The number of aldehydes is 1. The van der Waals surface area contributed by atoms with Crippen LogP contribution < -0.4 is 0 Å². The Bertz CT molecular complexity index is 1200. The van der Waals surface area contributed by atoms with Crippen molar-refractivity contribution in [2.45, 2.75) is 77.0 Å². The Balaban J connectivity index is 1.32. The van der Waals surface area contributed by atoms with E-state index in [0.29, 0.717) is 11.3 Å². The third kappa shape index (κ3) is 2.94. The topological polar surface area (TPSA) is 17.1 Å². The van der Waals surface area contributed by atoms with Gasteiger partial charge in [0.05, 0.1) is 0 Å². The molecule has 5 aliphatic carbocycles. The fraction of sp³-hybridized carbons (Fsp3) is 0.545. The molecule has 3 fully saturated rings. The third-order valence-electron chi connectivity index (χ3n) is 11.3. The van der Waals surface area contributed by atoms with Gasteiger partial charge in [-0.25, -0.2) is 0 Å². The van der Waals surface area contributed by atoms with E-state index in [9.17, 15) is 4.79 Å². The van der Waals surface area contributed by atoms with Crippen molar-refractivity contribution in [1.82, 2.24) is 0 Å². The second-order valence-electron chi connectivity index (χ2n) is 12.6. The Hall–Kier alpha value is -2.15. The van der Waals surface area contributed by atoms with Crippen LogP contribution in [0.3, 0.4) is 0 Å². The van der Waals surface area contributed by atoms with Gasteiger partial charge < -0.3 is 4.79 Å². The van der Waals surface area contributed by atoms with E-state index in [1.54, 1.807) is 5.57 Å². The highest BCUT2D eigenvalue weighted by Crippen LogP contribution is 2.67. The van der Waals surface area contributed by atoms with Crippen LogP contribution in [-0.2, 0) is 4.79 Å². The van der Waals surface area contributed by atoms with E-state index < -0.39 is 0 Å². The van der Waals surface area contributed by atoms with Gasteiger partial charge in [-0.1, -0.05) is 73.5 Å². The van der Waals surface area contributed by atoms with Crippen LogP contribution in [0.15, 0.2) is 54.1 Å². The first-order chi connectivity index (χ1) is 16.6. The van der Waals surface area contributed by atoms with Gasteiger partial charge in [0.15, 0.2) is 0 Å². The minimum absolute atomic E-state index is 0.145. The van der Waals surface area contributed by atoms with Crippen molar-refractivity contribution < 1.29 is 4.79 Å². The molecule has 7 rings (SSSR count). The Morgan fingerprint density at radius 3 is 2.74 bits per heavy atom. The van der Waals surface area contributed by atoms with Crippen molar-refractivity contribution in [2.75, 3.05) is 0 Å². The Labute approximate surface area is 204 Å². The van der Waals surface area contributed by atoms with Gasteiger partial charge in [-0.15, -0.1) is 0 Å². The average molecular weight is 451 g/mol. The largest absolute Gasteiger partial charge is 0.303 e. The lowest BCUT2D eigenvalue weighted by atomic mass is 9.45. The van der Waals surface area contributed by atoms with Crippen LogP contribution in [0.4, 0.5) is 0 Å². The number of rotatable bonds is 3. The van der Waals surface area contributed by atoms with Crippen LogP contribution in [0.5, 0.6) is 0 Å². The summed E-state index contributed by atoms with van der Waals surface area (Å²) in [5.41, 5.74) is 5.46. The predicted molar refractivity (Wildman–Crippen MR) is 141 cm³/mol. The highest BCUT2D eigenvalue weighted by atomic mass is 16.1. The lowest BCUT2D eigenvalue weighted by Crippen LogP contribution is -2.51. The minimum Gasteiger partial charge on any atom is -0.303 e. The van der Waals surface area contributed by atoms with Gasteiger partial charge in [0.1, 0.15) is 6.29 Å². The summed E-state index contributed by atoms with van der Waals surface area (Å²) < 4.78 is 0. The van der Waals surface area contributed by atoms with E-state index in [4.69, 9.17) is 0 Å². The van der Waals surface area contributed by atoms with Crippen LogP contribution in [-0.4, -0.2) is 6.29 Å². The zero-order valence-electron chi connectivity index (χ0n) is 20.6. The maximum Gasteiger partial charge on any atom is 0.126 e. The van der Waals surface area contributed by atoms with Gasteiger partial charge in [0.2, 0.25) is 0 Å². The van der Waals surface area contributed by atoms with E-state index in [2.05, 4.69) is 61.5 Å². The molecule has 176 valence electrons. The summed E-state index contributed by atoms with van der Waals surface area (Å²) in [5.74, 6) is 3.25. The standard InChI is InChI=1S/C33H38O/c1-32-16-4-9-29(32)28-13-12-26-19-22(21-34)14-18-33(26,30(28)15-17-32)20-25-11-10-24-6-2-5-23-7-3-8-27(25)31(23)24/h2-3,5-8,10-11,19,21-22,25,28-30H,4,9,12-18,20H2,1H3/t22?,25?,28-,29-,30-,32-,33+/m0/s1. The first-order valence-electron chi connectivity index (χ1n) is 14.0. The van der Waals surface area contributed by atoms with E-state index in [1.165, 1.54) is 86.0 Å². The summed E-state index contributed by atoms with van der Waals surface area (Å²) in [6, 6.07) is 13.7. The van der Waals surface area contributed by atoms with Gasteiger partial charge in [-0.2, -0.15) is 0 Å². The monoisotopic (exact) mass is 450 g/mol. The highest BCUT2D eigenvalue weighted by Gasteiger charge is 2.58. The first kappa shape index (κ1) is 21.2. The Morgan fingerprint density at radius 1 is 0.971 bits per heavy atom. The van der Waals surface area contributed by atoms with Crippen molar-refractivity contribution in [3.8, 4) is 0 Å². The van der Waals surface area contributed by atoms with Crippen molar-refractivity contribution >= 4 is 23.1 Å². The molecule has 1 heteroatoms. The third-order valence-corrected chi connectivity index (χ3v) is 11.3. The lowest BCUT2D eigenvalue weighted by Gasteiger charge is -2.59. The molecule has 2 aromatic rings. The van der Waals surface area contributed by atoms with E-state index in [0.717, 1.165) is 24.2 Å². The number of carbonyl (C=O) groups excluding carboxylic acids is 1. The molecule has 5 aliphatic rings. The molecular weight excluding hydrogens is 412 g/mol. The van der Waals surface area contributed by atoms with Crippen molar-refractivity contribution in [3.05, 3.63) is 65.3 Å².